The lowest BCUT2D eigenvalue weighted by Crippen LogP contribution is -2.17. The van der Waals surface area contributed by atoms with Gasteiger partial charge in [-0.2, -0.15) is 0 Å². The van der Waals surface area contributed by atoms with Crippen LogP contribution in [0.5, 0.6) is 0 Å². The van der Waals surface area contributed by atoms with Crippen molar-refractivity contribution >= 4 is 33.4 Å². The van der Waals surface area contributed by atoms with E-state index in [2.05, 4.69) is 34.5 Å². The van der Waals surface area contributed by atoms with Gasteiger partial charge < -0.3 is 9.88 Å². The molecular weight excluding hydrogens is 422 g/mol. The van der Waals surface area contributed by atoms with Crippen molar-refractivity contribution in [2.75, 3.05) is 15.8 Å². The normalized spacial score (nSPS) is 15.2. The highest BCUT2D eigenvalue weighted by Crippen LogP contribution is 2.32. The molecule has 2 N–H and O–H groups in total. The zero-order valence-electron chi connectivity index (χ0n) is 19.6. The third-order valence-corrected chi connectivity index (χ3v) is 7.68. The molecule has 3 rings (SSSR count). The summed E-state index contributed by atoms with van der Waals surface area (Å²) >= 11 is 0. The van der Waals surface area contributed by atoms with E-state index in [0.717, 1.165) is 5.56 Å². The summed E-state index contributed by atoms with van der Waals surface area (Å²) in [4.78, 5) is 12.6. The maximum Gasteiger partial charge on any atom is 0.248 e. The summed E-state index contributed by atoms with van der Waals surface area (Å²) in [5.41, 5.74) is 5.24. The number of aromatic nitrogens is 1. The number of rotatable bonds is 8. The lowest BCUT2D eigenvalue weighted by Gasteiger charge is -2.26. The second kappa shape index (κ2) is 10.4. The van der Waals surface area contributed by atoms with E-state index in [0.29, 0.717) is 29.4 Å². The molecule has 7 heteroatoms. The molecule has 0 radical (unpaired) electrons. The fourth-order valence-electron chi connectivity index (χ4n) is 4.58. The molecule has 1 aromatic carbocycles. The van der Waals surface area contributed by atoms with Gasteiger partial charge >= 0.3 is 0 Å². The molecule has 1 aliphatic rings. The van der Waals surface area contributed by atoms with E-state index in [4.69, 9.17) is 0 Å². The molecule has 1 heterocycles. The van der Waals surface area contributed by atoms with Gasteiger partial charge in [-0.15, -0.1) is 0 Å². The summed E-state index contributed by atoms with van der Waals surface area (Å²) in [6.07, 6.45) is 10.3. The monoisotopic (exact) mass is 457 g/mol. The molecule has 1 aromatic heterocycles. The highest BCUT2D eigenvalue weighted by Gasteiger charge is 2.19. The SMILES string of the molecule is CCCS(=O)(=O)Nc1cccc(NC(=O)/C=C/c2cc(C)n(C3CCCCC3)c2C)c1C. The number of amides is 1. The van der Waals surface area contributed by atoms with Crippen molar-refractivity contribution in [3.63, 3.8) is 0 Å². The first-order valence-electron chi connectivity index (χ1n) is 11.5. The third-order valence-electron chi connectivity index (χ3n) is 6.21. The Labute approximate surface area is 192 Å². The van der Waals surface area contributed by atoms with Crippen molar-refractivity contribution in [3.05, 3.63) is 52.9 Å². The highest BCUT2D eigenvalue weighted by molar-refractivity contribution is 7.92. The standard InChI is InChI=1S/C25H35N3O3S/c1-5-16-32(30,31)27-24-13-9-12-23(19(24)3)26-25(29)15-14-21-17-18(2)28(20(21)4)22-10-7-6-8-11-22/h9,12-15,17,22,27H,5-8,10-11,16H2,1-4H3,(H,26,29)/b15-14+. The number of aryl methyl sites for hydroxylation is 1. The van der Waals surface area contributed by atoms with E-state index in [-0.39, 0.29) is 11.7 Å². The highest BCUT2D eigenvalue weighted by atomic mass is 32.2. The Bertz CT molecular complexity index is 1090. The summed E-state index contributed by atoms with van der Waals surface area (Å²) in [5.74, 6) is -0.186. The molecule has 2 aromatic rings. The summed E-state index contributed by atoms with van der Waals surface area (Å²) in [6, 6.07) is 7.90. The van der Waals surface area contributed by atoms with Crippen LogP contribution in [0.4, 0.5) is 11.4 Å². The summed E-state index contributed by atoms with van der Waals surface area (Å²) in [7, 11) is -3.39. The van der Waals surface area contributed by atoms with Crippen molar-refractivity contribution in [3.8, 4) is 0 Å². The zero-order valence-corrected chi connectivity index (χ0v) is 20.4. The topological polar surface area (TPSA) is 80.2 Å². The van der Waals surface area contributed by atoms with Crippen molar-refractivity contribution in [2.24, 2.45) is 0 Å². The summed E-state index contributed by atoms with van der Waals surface area (Å²) in [5, 5.41) is 2.88. The molecule has 0 atom stereocenters. The van der Waals surface area contributed by atoms with E-state index in [1.165, 1.54) is 43.5 Å². The molecule has 1 aliphatic carbocycles. The van der Waals surface area contributed by atoms with Gasteiger partial charge in [0.1, 0.15) is 0 Å². The number of anilines is 2. The van der Waals surface area contributed by atoms with E-state index >= 15 is 0 Å². The second-order valence-corrected chi connectivity index (χ2v) is 10.6. The van der Waals surface area contributed by atoms with Crippen LogP contribution in [-0.2, 0) is 14.8 Å². The molecule has 0 aliphatic heterocycles. The van der Waals surface area contributed by atoms with Gasteiger partial charge in [0.15, 0.2) is 0 Å². The minimum absolute atomic E-state index is 0.0606. The Hall–Kier alpha value is -2.54. The van der Waals surface area contributed by atoms with Gasteiger partial charge in [0.25, 0.3) is 0 Å². The largest absolute Gasteiger partial charge is 0.346 e. The van der Waals surface area contributed by atoms with Crippen LogP contribution < -0.4 is 10.0 Å². The average molecular weight is 458 g/mol. The first-order valence-corrected chi connectivity index (χ1v) is 13.1. The van der Waals surface area contributed by atoms with Crippen LogP contribution in [-0.4, -0.2) is 24.6 Å². The number of hydrogen-bond donors (Lipinski definition) is 2. The smallest absolute Gasteiger partial charge is 0.248 e. The van der Waals surface area contributed by atoms with Gasteiger partial charge in [0.2, 0.25) is 15.9 Å². The van der Waals surface area contributed by atoms with E-state index in [1.807, 2.05) is 13.0 Å². The van der Waals surface area contributed by atoms with Gasteiger partial charge in [0, 0.05) is 29.2 Å². The Kier molecular flexibility index (Phi) is 7.82. The van der Waals surface area contributed by atoms with Crippen molar-refractivity contribution in [2.45, 2.75) is 72.3 Å². The van der Waals surface area contributed by atoms with E-state index in [9.17, 15) is 13.2 Å². The Morgan fingerprint density at radius 1 is 1.12 bits per heavy atom. The first-order chi connectivity index (χ1) is 15.2. The third kappa shape index (κ3) is 5.82. The average Bonchev–Trinajstić information content (AvgIpc) is 3.03. The molecule has 1 amide bonds. The number of benzene rings is 1. The molecule has 1 saturated carbocycles. The number of sulfonamides is 1. The Morgan fingerprint density at radius 2 is 1.81 bits per heavy atom. The van der Waals surface area contributed by atoms with Crippen LogP contribution in [0.2, 0.25) is 0 Å². The van der Waals surface area contributed by atoms with Crippen molar-refractivity contribution < 1.29 is 13.2 Å². The maximum atomic E-state index is 12.6. The molecule has 1 fully saturated rings. The summed E-state index contributed by atoms with van der Waals surface area (Å²) in [6.45, 7) is 7.87. The van der Waals surface area contributed by atoms with E-state index < -0.39 is 10.0 Å². The quantitative estimate of drug-likeness (QED) is 0.497. The molecule has 0 spiro atoms. The van der Waals surface area contributed by atoms with Gasteiger partial charge in [-0.3, -0.25) is 9.52 Å². The predicted molar refractivity (Wildman–Crippen MR) is 133 cm³/mol. The number of carbonyl (C=O) groups excluding carboxylic acids is 1. The molecule has 32 heavy (non-hydrogen) atoms. The second-order valence-electron chi connectivity index (χ2n) is 8.71. The Morgan fingerprint density at radius 3 is 2.50 bits per heavy atom. The van der Waals surface area contributed by atoms with Crippen LogP contribution in [0, 0.1) is 20.8 Å². The minimum Gasteiger partial charge on any atom is -0.346 e. The van der Waals surface area contributed by atoms with E-state index in [1.54, 1.807) is 31.2 Å². The predicted octanol–water partition coefficient (Wildman–Crippen LogP) is 5.72. The fraction of sp³-hybridized carbons (Fsp3) is 0.480. The maximum absolute atomic E-state index is 12.6. The number of carbonyl (C=O) groups is 1. The fourth-order valence-corrected chi connectivity index (χ4v) is 5.78. The molecule has 174 valence electrons. The van der Waals surface area contributed by atoms with Gasteiger partial charge in [0.05, 0.1) is 11.4 Å². The van der Waals surface area contributed by atoms with Gasteiger partial charge in [-0.25, -0.2) is 8.42 Å². The lowest BCUT2D eigenvalue weighted by molar-refractivity contribution is -0.111. The van der Waals surface area contributed by atoms with Crippen LogP contribution >= 0.6 is 0 Å². The van der Waals surface area contributed by atoms with Crippen LogP contribution in [0.1, 0.15) is 74.0 Å². The lowest BCUT2D eigenvalue weighted by atomic mass is 9.95. The molecule has 0 unspecified atom stereocenters. The number of hydrogen-bond acceptors (Lipinski definition) is 3. The molecule has 6 nitrogen and oxygen atoms in total. The van der Waals surface area contributed by atoms with Crippen molar-refractivity contribution in [1.82, 2.24) is 4.57 Å². The first kappa shape index (κ1) is 24.1. The molecule has 0 saturated heterocycles. The molecule has 0 bridgehead atoms. The Balaban J connectivity index is 1.72. The zero-order chi connectivity index (χ0) is 23.3. The van der Waals surface area contributed by atoms with Crippen LogP contribution in [0.3, 0.4) is 0 Å². The van der Waals surface area contributed by atoms with Gasteiger partial charge in [-0.1, -0.05) is 32.3 Å². The molecular formula is C25H35N3O3S. The number of nitrogens with one attached hydrogen (secondary N) is 2. The minimum atomic E-state index is -3.39. The van der Waals surface area contributed by atoms with Crippen molar-refractivity contribution in [1.29, 1.82) is 0 Å². The van der Waals surface area contributed by atoms with Crippen LogP contribution in [0.25, 0.3) is 6.08 Å². The summed E-state index contributed by atoms with van der Waals surface area (Å²) < 4.78 is 29.2. The van der Waals surface area contributed by atoms with Crippen LogP contribution in [0.15, 0.2) is 30.3 Å². The number of nitrogens with zero attached hydrogens (tertiary/aromatic N) is 1. The van der Waals surface area contributed by atoms with Gasteiger partial charge in [-0.05, 0) is 75.4 Å².